The highest BCUT2D eigenvalue weighted by atomic mass is 35.5. The fourth-order valence-corrected chi connectivity index (χ4v) is 1.03. The van der Waals surface area contributed by atoms with Gasteiger partial charge in [-0.25, -0.2) is 9.78 Å². The molecule has 0 saturated carbocycles. The van der Waals surface area contributed by atoms with Crippen LogP contribution >= 0.6 is 11.6 Å². The van der Waals surface area contributed by atoms with Crippen molar-refractivity contribution in [2.75, 3.05) is 7.11 Å². The summed E-state index contributed by atoms with van der Waals surface area (Å²) in [6, 6.07) is 1.68. The van der Waals surface area contributed by atoms with E-state index in [1.807, 2.05) is 6.92 Å². The number of halogens is 1. The average Bonchev–Trinajstić information content (AvgIpc) is 2.16. The van der Waals surface area contributed by atoms with Crippen molar-refractivity contribution in [1.82, 2.24) is 4.98 Å². The van der Waals surface area contributed by atoms with Crippen molar-refractivity contribution < 1.29 is 9.53 Å². The van der Waals surface area contributed by atoms with Crippen LogP contribution in [-0.2, 0) is 9.53 Å². The highest BCUT2D eigenvalue weighted by Gasteiger charge is 1.97. The molecule has 0 aromatic carbocycles. The highest BCUT2D eigenvalue weighted by molar-refractivity contribution is 6.29. The lowest BCUT2D eigenvalue weighted by atomic mass is 10.2. The molecule has 0 bridgehead atoms. The van der Waals surface area contributed by atoms with Crippen LogP contribution in [0.4, 0.5) is 0 Å². The molecule has 0 radical (unpaired) electrons. The molecular weight excluding hydrogens is 202 g/mol. The molecule has 14 heavy (non-hydrogen) atoms. The number of aromatic nitrogens is 1. The quantitative estimate of drug-likeness (QED) is 0.370. The van der Waals surface area contributed by atoms with Crippen LogP contribution in [0.15, 0.2) is 12.3 Å². The molecule has 0 aliphatic heterocycles. The van der Waals surface area contributed by atoms with Crippen molar-refractivity contribution in [3.8, 4) is 11.8 Å². The van der Waals surface area contributed by atoms with Crippen molar-refractivity contribution in [1.29, 1.82) is 0 Å². The maximum Gasteiger partial charge on any atom is 0.384 e. The number of hydrogen-bond acceptors (Lipinski definition) is 3. The Balaban J connectivity index is 2.96. The molecule has 4 heteroatoms. The second-order valence-corrected chi connectivity index (χ2v) is 2.95. The van der Waals surface area contributed by atoms with E-state index in [1.54, 1.807) is 6.07 Å². The van der Waals surface area contributed by atoms with Crippen LogP contribution in [0, 0.1) is 18.8 Å². The number of ether oxygens (including phenoxy) is 1. The molecule has 0 aliphatic rings. The zero-order valence-electron chi connectivity index (χ0n) is 7.80. The van der Waals surface area contributed by atoms with Crippen LogP contribution in [0.1, 0.15) is 11.1 Å². The van der Waals surface area contributed by atoms with E-state index >= 15 is 0 Å². The third-order valence-electron chi connectivity index (χ3n) is 1.56. The standard InChI is InChI=1S/C10H8ClNO2/c1-7-5-9(11)12-6-8(7)3-4-10(13)14-2/h5-6H,1-2H3. The minimum atomic E-state index is -0.570. The normalized spacial score (nSPS) is 8.79. The SMILES string of the molecule is COC(=O)C#Cc1cnc(Cl)cc1C. The molecule has 0 aliphatic carbocycles. The van der Waals surface area contributed by atoms with Crippen LogP contribution in [0.5, 0.6) is 0 Å². The summed E-state index contributed by atoms with van der Waals surface area (Å²) in [6.45, 7) is 1.84. The Morgan fingerprint density at radius 2 is 2.36 bits per heavy atom. The first-order chi connectivity index (χ1) is 6.63. The molecule has 1 aromatic rings. The lowest BCUT2D eigenvalue weighted by molar-refractivity contribution is -0.133. The van der Waals surface area contributed by atoms with Gasteiger partial charge in [0.25, 0.3) is 0 Å². The number of hydrogen-bond donors (Lipinski definition) is 0. The number of carbonyl (C=O) groups excluding carboxylic acids is 1. The lowest BCUT2D eigenvalue weighted by Crippen LogP contribution is -1.95. The summed E-state index contributed by atoms with van der Waals surface area (Å²) in [7, 11) is 1.28. The smallest absolute Gasteiger partial charge is 0.384 e. The van der Waals surface area contributed by atoms with Gasteiger partial charge in [-0.2, -0.15) is 0 Å². The van der Waals surface area contributed by atoms with Crippen LogP contribution in [-0.4, -0.2) is 18.1 Å². The fourth-order valence-electron chi connectivity index (χ4n) is 0.822. The minimum absolute atomic E-state index is 0.408. The number of pyridine rings is 1. The van der Waals surface area contributed by atoms with Gasteiger partial charge in [0.05, 0.1) is 7.11 Å². The zero-order chi connectivity index (χ0) is 10.6. The van der Waals surface area contributed by atoms with Crippen LogP contribution in [0.2, 0.25) is 5.15 Å². The van der Waals surface area contributed by atoms with E-state index in [9.17, 15) is 4.79 Å². The van der Waals surface area contributed by atoms with Gasteiger partial charge in [-0.3, -0.25) is 0 Å². The third kappa shape index (κ3) is 2.75. The summed E-state index contributed by atoms with van der Waals surface area (Å²) < 4.78 is 4.38. The van der Waals surface area contributed by atoms with Crippen LogP contribution < -0.4 is 0 Å². The van der Waals surface area contributed by atoms with E-state index < -0.39 is 5.97 Å². The topological polar surface area (TPSA) is 39.2 Å². The zero-order valence-corrected chi connectivity index (χ0v) is 8.55. The van der Waals surface area contributed by atoms with Crippen molar-refractivity contribution in [2.45, 2.75) is 6.92 Å². The summed E-state index contributed by atoms with van der Waals surface area (Å²) in [5.74, 6) is 4.39. The Morgan fingerprint density at radius 1 is 1.64 bits per heavy atom. The fraction of sp³-hybridized carbons (Fsp3) is 0.200. The maximum atomic E-state index is 10.7. The molecule has 72 valence electrons. The Hall–Kier alpha value is -1.53. The van der Waals surface area contributed by atoms with E-state index in [1.165, 1.54) is 13.3 Å². The predicted octanol–water partition coefficient (Wildman–Crippen LogP) is 1.57. The number of methoxy groups -OCH3 is 1. The van der Waals surface area contributed by atoms with E-state index in [-0.39, 0.29) is 0 Å². The Labute approximate surface area is 87.1 Å². The Kier molecular flexibility index (Phi) is 3.49. The van der Waals surface area contributed by atoms with Gasteiger partial charge in [-0.1, -0.05) is 17.5 Å². The highest BCUT2D eigenvalue weighted by Crippen LogP contribution is 2.10. The van der Waals surface area contributed by atoms with Crippen molar-refractivity contribution in [3.63, 3.8) is 0 Å². The maximum absolute atomic E-state index is 10.7. The van der Waals surface area contributed by atoms with Gasteiger partial charge in [0.1, 0.15) is 5.15 Å². The molecule has 0 amide bonds. The number of nitrogens with zero attached hydrogens (tertiary/aromatic N) is 1. The second kappa shape index (κ2) is 4.64. The van der Waals surface area contributed by atoms with Gasteiger partial charge in [0, 0.05) is 17.7 Å². The van der Waals surface area contributed by atoms with Crippen LogP contribution in [0.25, 0.3) is 0 Å². The monoisotopic (exact) mass is 209 g/mol. The van der Waals surface area contributed by atoms with E-state index in [0.29, 0.717) is 10.7 Å². The van der Waals surface area contributed by atoms with Crippen molar-refractivity contribution in [3.05, 3.63) is 28.5 Å². The number of rotatable bonds is 0. The van der Waals surface area contributed by atoms with Crippen molar-refractivity contribution in [2.24, 2.45) is 0 Å². The van der Waals surface area contributed by atoms with E-state index in [2.05, 4.69) is 21.6 Å². The molecule has 1 aromatic heterocycles. The molecule has 0 spiro atoms. The van der Waals surface area contributed by atoms with Gasteiger partial charge in [0.15, 0.2) is 0 Å². The Morgan fingerprint density at radius 3 is 2.93 bits per heavy atom. The van der Waals surface area contributed by atoms with E-state index in [0.717, 1.165) is 5.56 Å². The van der Waals surface area contributed by atoms with Crippen LogP contribution in [0.3, 0.4) is 0 Å². The first-order valence-electron chi connectivity index (χ1n) is 3.85. The first kappa shape index (κ1) is 10.6. The number of carbonyl (C=O) groups is 1. The molecule has 0 saturated heterocycles. The molecule has 1 heterocycles. The average molecular weight is 210 g/mol. The van der Waals surface area contributed by atoms with E-state index in [4.69, 9.17) is 11.6 Å². The minimum Gasteiger partial charge on any atom is -0.459 e. The molecule has 1 rings (SSSR count). The molecule has 0 unspecified atom stereocenters. The lowest BCUT2D eigenvalue weighted by Gasteiger charge is -1.96. The molecule has 0 fully saturated rings. The number of esters is 1. The first-order valence-corrected chi connectivity index (χ1v) is 4.23. The third-order valence-corrected chi connectivity index (χ3v) is 1.77. The summed E-state index contributed by atoms with van der Waals surface area (Å²) in [6.07, 6.45) is 1.52. The summed E-state index contributed by atoms with van der Waals surface area (Å²) in [4.78, 5) is 14.6. The second-order valence-electron chi connectivity index (χ2n) is 2.56. The largest absolute Gasteiger partial charge is 0.459 e. The Bertz CT molecular complexity index is 418. The van der Waals surface area contributed by atoms with Gasteiger partial charge in [-0.05, 0) is 18.6 Å². The molecule has 0 atom stereocenters. The van der Waals surface area contributed by atoms with Gasteiger partial charge >= 0.3 is 5.97 Å². The molecule has 0 N–H and O–H groups in total. The molecule has 3 nitrogen and oxygen atoms in total. The summed E-state index contributed by atoms with van der Waals surface area (Å²) in [5, 5.41) is 0.408. The number of aryl methyl sites for hydroxylation is 1. The van der Waals surface area contributed by atoms with Gasteiger partial charge in [0.2, 0.25) is 0 Å². The predicted molar refractivity (Wildman–Crippen MR) is 52.9 cm³/mol. The van der Waals surface area contributed by atoms with Gasteiger partial charge in [-0.15, -0.1) is 0 Å². The summed E-state index contributed by atoms with van der Waals surface area (Å²) in [5.41, 5.74) is 1.54. The van der Waals surface area contributed by atoms with Gasteiger partial charge < -0.3 is 4.74 Å². The molecular formula is C10H8ClNO2. The summed E-state index contributed by atoms with van der Waals surface area (Å²) >= 11 is 5.66. The van der Waals surface area contributed by atoms with Crippen molar-refractivity contribution >= 4 is 17.6 Å².